The molecule has 0 saturated carbocycles. The Morgan fingerprint density at radius 3 is 2.82 bits per heavy atom. The van der Waals surface area contributed by atoms with Crippen LogP contribution in [0.5, 0.6) is 0 Å². The molecule has 4 aromatic heterocycles. The quantitative estimate of drug-likeness (QED) is 0.541. The molecule has 0 aliphatic heterocycles. The number of nitrogens with one attached hydrogen (secondary N) is 1. The van der Waals surface area contributed by atoms with Gasteiger partial charge in [0.1, 0.15) is 11.4 Å². The summed E-state index contributed by atoms with van der Waals surface area (Å²) in [6, 6.07) is 11.3. The van der Waals surface area contributed by atoms with Crippen LogP contribution in [-0.4, -0.2) is 30.3 Å². The van der Waals surface area contributed by atoms with E-state index in [0.717, 1.165) is 28.5 Å². The Kier molecular flexibility index (Phi) is 4.95. The Morgan fingerprint density at radius 2 is 2.07 bits per heavy atom. The molecule has 0 fully saturated rings. The Bertz CT molecular complexity index is 1100. The molecule has 4 aromatic rings. The van der Waals surface area contributed by atoms with Gasteiger partial charge in [-0.3, -0.25) is 13.9 Å². The number of aromatic nitrogens is 5. The summed E-state index contributed by atoms with van der Waals surface area (Å²) < 4.78 is 3.55. The predicted molar refractivity (Wildman–Crippen MR) is 109 cm³/mol. The molecule has 4 rings (SSSR count). The van der Waals surface area contributed by atoms with Crippen LogP contribution in [0.2, 0.25) is 0 Å². The molecule has 7 nitrogen and oxygen atoms in total. The molecule has 4 heterocycles. The molecule has 0 bridgehead atoms. The molecule has 1 atom stereocenters. The SMILES string of the molecule is CC(C)C[C@H](NC(=O)c1cc(-c2cccs2)nn1C)c1nnc2ccccn12. The van der Waals surface area contributed by atoms with Crippen molar-refractivity contribution in [1.29, 1.82) is 0 Å². The molecular weight excluding hydrogens is 372 g/mol. The lowest BCUT2D eigenvalue weighted by Gasteiger charge is -2.19. The number of fused-ring (bicyclic) bond motifs is 1. The van der Waals surface area contributed by atoms with Crippen molar-refractivity contribution in [2.24, 2.45) is 13.0 Å². The second-order valence-corrected chi connectivity index (χ2v) is 8.11. The van der Waals surface area contributed by atoms with Crippen LogP contribution in [0.25, 0.3) is 16.2 Å². The van der Waals surface area contributed by atoms with Gasteiger partial charge < -0.3 is 5.32 Å². The molecule has 0 aliphatic rings. The number of carbonyl (C=O) groups excluding carboxylic acids is 1. The van der Waals surface area contributed by atoms with E-state index in [1.807, 2.05) is 52.4 Å². The number of aryl methyl sites for hydroxylation is 1. The third-order valence-corrected chi connectivity index (χ3v) is 5.44. The van der Waals surface area contributed by atoms with E-state index in [0.29, 0.717) is 11.6 Å². The van der Waals surface area contributed by atoms with Crippen LogP contribution in [-0.2, 0) is 7.05 Å². The normalized spacial score (nSPS) is 12.6. The van der Waals surface area contributed by atoms with Gasteiger partial charge in [0, 0.05) is 13.2 Å². The number of carbonyl (C=O) groups is 1. The van der Waals surface area contributed by atoms with Crippen LogP contribution in [0.15, 0.2) is 48.0 Å². The molecule has 1 amide bonds. The lowest BCUT2D eigenvalue weighted by atomic mass is 10.0. The fourth-order valence-electron chi connectivity index (χ4n) is 3.25. The maximum absolute atomic E-state index is 13.0. The van der Waals surface area contributed by atoms with Crippen LogP contribution in [0.3, 0.4) is 0 Å². The molecule has 0 radical (unpaired) electrons. The van der Waals surface area contributed by atoms with Crippen LogP contribution >= 0.6 is 11.3 Å². The highest BCUT2D eigenvalue weighted by atomic mass is 32.1. The number of thiophene rings is 1. The van der Waals surface area contributed by atoms with Gasteiger partial charge >= 0.3 is 0 Å². The predicted octanol–water partition coefficient (Wildman–Crippen LogP) is 3.71. The van der Waals surface area contributed by atoms with Crippen molar-refractivity contribution < 1.29 is 4.79 Å². The van der Waals surface area contributed by atoms with Gasteiger partial charge in [0.2, 0.25) is 0 Å². The van der Waals surface area contributed by atoms with Crippen LogP contribution in [0.1, 0.15) is 42.6 Å². The molecule has 0 spiro atoms. The molecule has 0 aliphatic carbocycles. The van der Waals surface area contributed by atoms with Crippen LogP contribution in [0, 0.1) is 5.92 Å². The first-order valence-corrected chi connectivity index (χ1v) is 10.1. The van der Waals surface area contributed by atoms with E-state index >= 15 is 0 Å². The second kappa shape index (κ2) is 7.55. The minimum atomic E-state index is -0.245. The van der Waals surface area contributed by atoms with Crippen molar-refractivity contribution in [1.82, 2.24) is 29.7 Å². The molecule has 28 heavy (non-hydrogen) atoms. The molecule has 144 valence electrons. The summed E-state index contributed by atoms with van der Waals surface area (Å²) >= 11 is 1.60. The minimum Gasteiger partial charge on any atom is -0.341 e. The van der Waals surface area contributed by atoms with E-state index in [-0.39, 0.29) is 11.9 Å². The summed E-state index contributed by atoms with van der Waals surface area (Å²) in [5.41, 5.74) is 2.09. The fraction of sp³-hybridized carbons (Fsp3) is 0.300. The van der Waals surface area contributed by atoms with Crippen molar-refractivity contribution in [3.8, 4) is 10.6 Å². The fourth-order valence-corrected chi connectivity index (χ4v) is 3.94. The molecule has 1 N–H and O–H groups in total. The maximum Gasteiger partial charge on any atom is 0.270 e. The number of nitrogens with zero attached hydrogens (tertiary/aromatic N) is 5. The topological polar surface area (TPSA) is 77.1 Å². The summed E-state index contributed by atoms with van der Waals surface area (Å²) in [6.45, 7) is 4.25. The molecule has 0 unspecified atom stereocenters. The largest absolute Gasteiger partial charge is 0.341 e. The monoisotopic (exact) mass is 394 g/mol. The summed E-state index contributed by atoms with van der Waals surface area (Å²) in [5.74, 6) is 0.948. The second-order valence-electron chi connectivity index (χ2n) is 7.16. The van der Waals surface area contributed by atoms with Crippen molar-refractivity contribution in [3.63, 3.8) is 0 Å². The zero-order chi connectivity index (χ0) is 19.7. The average molecular weight is 395 g/mol. The van der Waals surface area contributed by atoms with Gasteiger partial charge in [-0.1, -0.05) is 26.0 Å². The van der Waals surface area contributed by atoms with E-state index in [4.69, 9.17) is 0 Å². The average Bonchev–Trinajstić information content (AvgIpc) is 3.40. The van der Waals surface area contributed by atoms with E-state index in [1.165, 1.54) is 0 Å². The zero-order valence-electron chi connectivity index (χ0n) is 16.0. The van der Waals surface area contributed by atoms with Crippen molar-refractivity contribution >= 4 is 22.9 Å². The smallest absolute Gasteiger partial charge is 0.270 e. The van der Waals surface area contributed by atoms with Gasteiger partial charge in [-0.2, -0.15) is 5.10 Å². The van der Waals surface area contributed by atoms with Gasteiger partial charge in [-0.05, 0) is 42.0 Å². The van der Waals surface area contributed by atoms with Gasteiger partial charge in [-0.15, -0.1) is 21.5 Å². The van der Waals surface area contributed by atoms with E-state index < -0.39 is 0 Å². The Morgan fingerprint density at radius 1 is 1.21 bits per heavy atom. The number of rotatable bonds is 6. The third-order valence-electron chi connectivity index (χ3n) is 4.55. The highest BCUT2D eigenvalue weighted by molar-refractivity contribution is 7.13. The number of hydrogen-bond acceptors (Lipinski definition) is 5. The van der Waals surface area contributed by atoms with Crippen molar-refractivity contribution in [2.75, 3.05) is 0 Å². The standard InChI is InChI=1S/C20H22N6OS/c1-13(2)11-15(19-23-22-18-8-4-5-9-26(18)19)21-20(27)16-12-14(24-25(16)3)17-7-6-10-28-17/h4-10,12-13,15H,11H2,1-3H3,(H,21,27)/t15-/m0/s1. The van der Waals surface area contributed by atoms with Gasteiger partial charge in [0.25, 0.3) is 5.91 Å². The summed E-state index contributed by atoms with van der Waals surface area (Å²) in [4.78, 5) is 14.1. The van der Waals surface area contributed by atoms with E-state index in [9.17, 15) is 4.79 Å². The Labute approximate surface area is 167 Å². The Hall–Kier alpha value is -3.00. The molecular formula is C20H22N6OS. The van der Waals surface area contributed by atoms with E-state index in [2.05, 4.69) is 34.5 Å². The van der Waals surface area contributed by atoms with Crippen molar-refractivity contribution in [3.05, 3.63) is 59.5 Å². The lowest BCUT2D eigenvalue weighted by Crippen LogP contribution is -2.32. The summed E-state index contributed by atoms with van der Waals surface area (Å²) in [7, 11) is 1.79. The van der Waals surface area contributed by atoms with Gasteiger partial charge in [-0.25, -0.2) is 0 Å². The summed E-state index contributed by atoms with van der Waals surface area (Å²) in [6.07, 6.45) is 2.68. The van der Waals surface area contributed by atoms with E-state index in [1.54, 1.807) is 23.1 Å². The first-order valence-electron chi connectivity index (χ1n) is 9.21. The third kappa shape index (κ3) is 3.55. The molecule has 0 saturated heterocycles. The number of pyridine rings is 1. The minimum absolute atomic E-state index is 0.170. The van der Waals surface area contributed by atoms with Crippen molar-refractivity contribution in [2.45, 2.75) is 26.3 Å². The first-order chi connectivity index (χ1) is 13.5. The Balaban J connectivity index is 1.63. The van der Waals surface area contributed by atoms with Gasteiger partial charge in [0.15, 0.2) is 11.5 Å². The highest BCUT2D eigenvalue weighted by Crippen LogP contribution is 2.25. The zero-order valence-corrected chi connectivity index (χ0v) is 16.8. The van der Waals surface area contributed by atoms with Crippen LogP contribution in [0.4, 0.5) is 0 Å². The molecule has 0 aromatic carbocycles. The maximum atomic E-state index is 13.0. The summed E-state index contributed by atoms with van der Waals surface area (Å²) in [5, 5.41) is 18.2. The highest BCUT2D eigenvalue weighted by Gasteiger charge is 2.24. The van der Waals surface area contributed by atoms with Crippen LogP contribution < -0.4 is 5.32 Å². The molecule has 8 heteroatoms. The number of amides is 1. The number of hydrogen-bond donors (Lipinski definition) is 1. The van der Waals surface area contributed by atoms with Gasteiger partial charge in [0.05, 0.1) is 10.9 Å². The first kappa shape index (κ1) is 18.4. The lowest BCUT2D eigenvalue weighted by molar-refractivity contribution is 0.0920.